The second-order valence-corrected chi connectivity index (χ2v) is 8.73. The summed E-state index contributed by atoms with van der Waals surface area (Å²) in [7, 11) is -3.86. The molecule has 0 radical (unpaired) electrons. The first-order chi connectivity index (χ1) is 11.5. The molecule has 0 fully saturated rings. The lowest BCUT2D eigenvalue weighted by atomic mass is 10.0. The highest BCUT2D eigenvalue weighted by atomic mass is 32.2. The van der Waals surface area contributed by atoms with Crippen LogP contribution in [-0.2, 0) is 10.1 Å². The van der Waals surface area contributed by atoms with Crippen molar-refractivity contribution >= 4 is 10.1 Å². The Balaban J connectivity index is 3.33. The summed E-state index contributed by atoms with van der Waals surface area (Å²) in [6, 6.07) is 0. The average Bonchev–Trinajstić information content (AvgIpc) is 2.53. The summed E-state index contributed by atoms with van der Waals surface area (Å²) in [6.07, 6.45) is 17.6. The van der Waals surface area contributed by atoms with Gasteiger partial charge in [0.2, 0.25) is 0 Å². The summed E-state index contributed by atoms with van der Waals surface area (Å²) in [4.78, 5) is 0. The molecule has 0 aliphatic carbocycles. The van der Waals surface area contributed by atoms with Gasteiger partial charge in [-0.15, -0.1) is 0 Å². The van der Waals surface area contributed by atoms with Gasteiger partial charge in [-0.3, -0.25) is 4.55 Å². The molecule has 0 aromatic rings. The van der Waals surface area contributed by atoms with E-state index in [1.165, 1.54) is 57.8 Å². The highest BCUT2D eigenvalue weighted by Gasteiger charge is 2.20. The van der Waals surface area contributed by atoms with Crippen LogP contribution < -0.4 is 0 Å². The van der Waals surface area contributed by atoms with E-state index in [0.29, 0.717) is 19.4 Å². The van der Waals surface area contributed by atoms with Gasteiger partial charge in [-0.1, -0.05) is 90.4 Å². The smallest absolute Gasteiger partial charge is 0.267 e. The number of hydrogen-bond donors (Lipinski definition) is 2. The Kier molecular flexibility index (Phi) is 16.3. The van der Waals surface area contributed by atoms with Crippen LogP contribution in [0.5, 0.6) is 0 Å². The second kappa shape index (κ2) is 16.3. The Labute approximate surface area is 150 Å². The molecule has 0 saturated carbocycles. The van der Waals surface area contributed by atoms with E-state index in [1.807, 2.05) is 6.92 Å². The Hall–Kier alpha value is -0.130. The van der Waals surface area contributed by atoms with Crippen molar-refractivity contribution in [2.75, 3.05) is 6.61 Å². The summed E-state index contributed by atoms with van der Waals surface area (Å²) in [6.45, 7) is 2.28. The molecule has 146 valence electrons. The van der Waals surface area contributed by atoms with Crippen molar-refractivity contribution in [1.82, 2.24) is 0 Å². The van der Waals surface area contributed by atoms with E-state index in [2.05, 4.69) is 0 Å². The summed E-state index contributed by atoms with van der Waals surface area (Å²) in [5, 5.41) is 8.14. The van der Waals surface area contributed by atoms with E-state index in [0.717, 1.165) is 32.1 Å². The molecule has 0 rings (SSSR count). The molecule has 0 aromatic heterocycles. The molecule has 5 heteroatoms. The van der Waals surface area contributed by atoms with E-state index in [4.69, 9.17) is 5.11 Å². The molecule has 0 saturated heterocycles. The van der Waals surface area contributed by atoms with Gasteiger partial charge < -0.3 is 5.11 Å². The van der Waals surface area contributed by atoms with Crippen molar-refractivity contribution in [2.45, 2.75) is 115 Å². The van der Waals surface area contributed by atoms with Crippen LogP contribution in [0.2, 0.25) is 0 Å². The van der Waals surface area contributed by atoms with Crippen molar-refractivity contribution < 1.29 is 18.1 Å². The van der Waals surface area contributed by atoms with Gasteiger partial charge >= 0.3 is 0 Å². The first kappa shape index (κ1) is 23.9. The summed E-state index contributed by atoms with van der Waals surface area (Å²) >= 11 is 0. The average molecular weight is 365 g/mol. The third kappa shape index (κ3) is 15.4. The summed E-state index contributed by atoms with van der Waals surface area (Å²) in [5.41, 5.74) is 0. The molecule has 1 unspecified atom stereocenters. The molecule has 0 amide bonds. The molecule has 0 heterocycles. The number of unbranched alkanes of at least 4 members (excludes halogenated alkanes) is 12. The highest BCUT2D eigenvalue weighted by Crippen LogP contribution is 2.17. The Morgan fingerprint density at radius 2 is 1.04 bits per heavy atom. The van der Waals surface area contributed by atoms with E-state index in [1.54, 1.807) is 0 Å². The third-order valence-electron chi connectivity index (χ3n) is 4.72. The zero-order valence-electron chi connectivity index (χ0n) is 15.7. The lowest BCUT2D eigenvalue weighted by Crippen LogP contribution is -2.20. The van der Waals surface area contributed by atoms with Crippen molar-refractivity contribution in [3.63, 3.8) is 0 Å². The molecule has 0 spiro atoms. The fourth-order valence-electron chi connectivity index (χ4n) is 3.19. The molecule has 0 aliphatic heterocycles. The van der Waals surface area contributed by atoms with Crippen LogP contribution >= 0.6 is 0 Å². The second-order valence-electron chi connectivity index (χ2n) is 7.03. The molecule has 0 aliphatic rings. The summed E-state index contributed by atoms with van der Waals surface area (Å²) in [5.74, 6) is 0. The van der Waals surface area contributed by atoms with Gasteiger partial charge in [-0.05, 0) is 19.3 Å². The molecule has 0 aromatic carbocycles. The minimum atomic E-state index is -3.86. The van der Waals surface area contributed by atoms with Crippen molar-refractivity contribution in [3.05, 3.63) is 0 Å². The highest BCUT2D eigenvalue weighted by molar-refractivity contribution is 7.86. The molecular weight excluding hydrogens is 324 g/mol. The van der Waals surface area contributed by atoms with E-state index >= 15 is 0 Å². The third-order valence-corrected chi connectivity index (χ3v) is 6.03. The number of rotatable bonds is 18. The van der Waals surface area contributed by atoms with E-state index in [-0.39, 0.29) is 0 Å². The lowest BCUT2D eigenvalue weighted by Gasteiger charge is -2.12. The molecule has 1 atom stereocenters. The Morgan fingerprint density at radius 3 is 1.38 bits per heavy atom. The lowest BCUT2D eigenvalue weighted by molar-refractivity contribution is 0.282. The van der Waals surface area contributed by atoms with Crippen molar-refractivity contribution in [2.24, 2.45) is 0 Å². The van der Waals surface area contributed by atoms with Crippen LogP contribution in [0.1, 0.15) is 110 Å². The Morgan fingerprint density at radius 1 is 0.667 bits per heavy atom. The van der Waals surface area contributed by atoms with Gasteiger partial charge in [0.05, 0.1) is 5.25 Å². The van der Waals surface area contributed by atoms with Crippen LogP contribution in [0, 0.1) is 0 Å². The van der Waals surface area contributed by atoms with Crippen LogP contribution in [0.3, 0.4) is 0 Å². The van der Waals surface area contributed by atoms with Crippen LogP contribution in [0.15, 0.2) is 0 Å². The molecular formula is C19H40O4S. The van der Waals surface area contributed by atoms with Crippen LogP contribution in [0.25, 0.3) is 0 Å². The fraction of sp³-hybridized carbons (Fsp3) is 1.00. The number of aliphatic hydroxyl groups excluding tert-OH is 1. The molecule has 4 nitrogen and oxygen atoms in total. The molecule has 0 bridgehead atoms. The maximum atomic E-state index is 11.2. The van der Waals surface area contributed by atoms with E-state index < -0.39 is 15.4 Å². The van der Waals surface area contributed by atoms with Crippen LogP contribution in [-0.4, -0.2) is 29.9 Å². The summed E-state index contributed by atoms with van der Waals surface area (Å²) < 4.78 is 31.6. The monoisotopic (exact) mass is 364 g/mol. The normalized spacial score (nSPS) is 13.3. The SMILES string of the molecule is CCCC(CCCCCCCCCCCCCCCO)S(=O)(=O)O. The molecule has 24 heavy (non-hydrogen) atoms. The van der Waals surface area contributed by atoms with Crippen molar-refractivity contribution in [1.29, 1.82) is 0 Å². The predicted octanol–water partition coefficient (Wildman–Crippen LogP) is 5.50. The zero-order chi connectivity index (χ0) is 18.1. The van der Waals surface area contributed by atoms with Gasteiger partial charge in [-0.2, -0.15) is 8.42 Å². The largest absolute Gasteiger partial charge is 0.396 e. The zero-order valence-corrected chi connectivity index (χ0v) is 16.5. The van der Waals surface area contributed by atoms with Gasteiger partial charge in [0.15, 0.2) is 0 Å². The standard InChI is InChI=1S/C19H40O4S/c1-2-16-19(24(21,22)23)17-14-12-10-8-6-4-3-5-7-9-11-13-15-18-20/h19-20H,2-18H2,1H3,(H,21,22,23). The van der Waals surface area contributed by atoms with E-state index in [9.17, 15) is 13.0 Å². The minimum absolute atomic E-state index is 0.328. The first-order valence-electron chi connectivity index (χ1n) is 10.1. The maximum Gasteiger partial charge on any atom is 0.267 e. The van der Waals surface area contributed by atoms with Gasteiger partial charge in [0.25, 0.3) is 10.1 Å². The van der Waals surface area contributed by atoms with Gasteiger partial charge in [-0.25, -0.2) is 0 Å². The quantitative estimate of drug-likeness (QED) is 0.249. The van der Waals surface area contributed by atoms with Crippen LogP contribution in [0.4, 0.5) is 0 Å². The fourth-order valence-corrected chi connectivity index (χ4v) is 4.19. The maximum absolute atomic E-state index is 11.2. The Bertz CT molecular complexity index is 354. The van der Waals surface area contributed by atoms with Gasteiger partial charge in [0, 0.05) is 6.61 Å². The number of aliphatic hydroxyl groups is 1. The number of hydrogen-bond acceptors (Lipinski definition) is 3. The van der Waals surface area contributed by atoms with Gasteiger partial charge in [0.1, 0.15) is 0 Å². The predicted molar refractivity (Wildman–Crippen MR) is 102 cm³/mol. The molecule has 2 N–H and O–H groups in total. The van der Waals surface area contributed by atoms with Crippen molar-refractivity contribution in [3.8, 4) is 0 Å². The first-order valence-corrected chi connectivity index (χ1v) is 11.6. The minimum Gasteiger partial charge on any atom is -0.396 e. The topological polar surface area (TPSA) is 74.6 Å².